The maximum atomic E-state index is 13.9. The van der Waals surface area contributed by atoms with E-state index in [9.17, 15) is 46.0 Å². The summed E-state index contributed by atoms with van der Waals surface area (Å²) in [5.74, 6) is -4.10. The molecule has 3 aliphatic heterocycles. The van der Waals surface area contributed by atoms with E-state index in [0.29, 0.717) is 55.2 Å². The van der Waals surface area contributed by atoms with Crippen LogP contribution in [0.2, 0.25) is 0 Å². The lowest BCUT2D eigenvalue weighted by Crippen LogP contribution is -2.30. The van der Waals surface area contributed by atoms with Crippen LogP contribution in [0.5, 0.6) is 0 Å². The van der Waals surface area contributed by atoms with Crippen molar-refractivity contribution in [2.75, 3.05) is 77.9 Å². The predicted octanol–water partition coefficient (Wildman–Crippen LogP) is 6.89. The first-order chi connectivity index (χ1) is 32.6. The molecule has 0 aromatic rings. The number of ether oxygens (including phenoxy) is 3. The molecule has 0 aromatic heterocycles. The van der Waals surface area contributed by atoms with Gasteiger partial charge in [-0.15, -0.1) is 0 Å². The molecule has 18 heteroatoms. The van der Waals surface area contributed by atoms with Crippen LogP contribution in [0.3, 0.4) is 0 Å². The van der Waals surface area contributed by atoms with Crippen LogP contribution in [0, 0.1) is 73.9 Å². The summed E-state index contributed by atoms with van der Waals surface area (Å²) < 4.78 is 17.2. The lowest BCUT2D eigenvalue weighted by Gasteiger charge is -2.32. The number of rotatable bonds is 15. The Morgan fingerprint density at radius 3 is 0.940 bits per heavy atom. The molecule has 0 spiro atoms. The zero-order valence-corrected chi connectivity index (χ0v) is 40.8. The van der Waals surface area contributed by atoms with Crippen molar-refractivity contribution in [1.82, 2.24) is 14.7 Å². The van der Waals surface area contributed by atoms with Crippen molar-refractivity contribution in [3.8, 4) is 36.4 Å². The molecule has 3 heterocycles. The van der Waals surface area contributed by atoms with Crippen molar-refractivity contribution in [3.63, 3.8) is 0 Å². The molecule has 0 bridgehead atoms. The predicted molar refractivity (Wildman–Crippen MR) is 254 cm³/mol. The van der Waals surface area contributed by atoms with Gasteiger partial charge in [-0.1, -0.05) is 0 Å². The van der Waals surface area contributed by atoms with Crippen molar-refractivity contribution in [2.45, 2.75) is 92.8 Å². The first kappa shape index (κ1) is 50.6. The molecular weight excluding hydrogens is 907 g/mol. The van der Waals surface area contributed by atoms with Gasteiger partial charge in [-0.05, 0) is 93.3 Å². The Labute approximate surface area is 406 Å². The van der Waals surface area contributed by atoms with Crippen LogP contribution in [0.1, 0.15) is 77.0 Å². The van der Waals surface area contributed by atoms with Crippen molar-refractivity contribution < 1.29 is 28.6 Å². The molecule has 0 saturated carbocycles. The van der Waals surface area contributed by atoms with Gasteiger partial charge in [-0.25, -0.2) is 14.4 Å². The number of thioether (sulfide) groups is 3. The first-order valence-electron chi connectivity index (χ1n) is 22.7. The minimum absolute atomic E-state index is 0.00806. The van der Waals surface area contributed by atoms with E-state index in [2.05, 4.69) is 32.9 Å². The number of carbonyl (C=O) groups excluding carboxylic acids is 3. The normalized spacial score (nSPS) is 24.7. The Balaban J connectivity index is 1.30. The topological polar surface area (TPSA) is 231 Å². The molecule has 15 nitrogen and oxygen atoms in total. The van der Waals surface area contributed by atoms with Gasteiger partial charge in [0, 0.05) is 91.4 Å². The molecule has 67 heavy (non-hydrogen) atoms. The quantitative estimate of drug-likeness (QED) is 0.0704. The highest BCUT2D eigenvalue weighted by molar-refractivity contribution is 7.99. The number of allylic oxidation sites excluding steroid dienone is 9. The van der Waals surface area contributed by atoms with Crippen LogP contribution in [0.15, 0.2) is 67.2 Å². The van der Waals surface area contributed by atoms with Crippen LogP contribution >= 0.6 is 35.3 Å². The van der Waals surface area contributed by atoms with Gasteiger partial charge in [0.25, 0.3) is 0 Å². The second kappa shape index (κ2) is 24.3. The molecule has 0 N–H and O–H groups in total. The minimum Gasteiger partial charge on any atom is -0.461 e. The Kier molecular flexibility index (Phi) is 18.4. The average molecular weight is 962 g/mol. The summed E-state index contributed by atoms with van der Waals surface area (Å²) in [7, 11) is 0. The van der Waals surface area contributed by atoms with Gasteiger partial charge in [0.2, 0.25) is 0 Å². The molecule has 0 radical (unpaired) electrons. The molecule has 6 rings (SSSR count). The van der Waals surface area contributed by atoms with Crippen LogP contribution in [0.4, 0.5) is 0 Å². The molecule has 350 valence electrons. The van der Waals surface area contributed by atoms with E-state index < -0.39 is 43.6 Å². The van der Waals surface area contributed by atoms with Gasteiger partial charge in [-0.3, -0.25) is 0 Å². The molecule has 6 aliphatic rings. The summed E-state index contributed by atoms with van der Waals surface area (Å²) in [5.41, 5.74) is 3.14. The third kappa shape index (κ3) is 11.7. The standard InChI is InChI=1S/C49H55N9O6S3/c1-65-32-16-35(38(22-50)44(19-32)56-10-4-5-11-56)41(25-53)47(59)62-28-31(29-63-48(60)42(26-54)36-17-33(66-2)20-45(39(36)23-51)57-12-6-7-13-57)30-64-49(61)43(27-55)37-18-34(67-3)21-46(40(37)24-52)58-14-8-9-15-58/h31-34H,4-21,28-30H2,1-3H3/b41-35+,42-36+,43-37+. The van der Waals surface area contributed by atoms with Gasteiger partial charge in [0.1, 0.15) is 73.0 Å². The largest absolute Gasteiger partial charge is 0.461 e. The molecule has 3 atom stereocenters. The maximum absolute atomic E-state index is 13.9. The molecular formula is C49H55N9O6S3. The number of likely N-dealkylation sites (tertiary alicyclic amines) is 3. The van der Waals surface area contributed by atoms with E-state index in [4.69, 9.17) is 14.2 Å². The number of esters is 3. The number of hydrogen-bond donors (Lipinski definition) is 0. The highest BCUT2D eigenvalue weighted by Crippen LogP contribution is 2.42. The van der Waals surface area contributed by atoms with Gasteiger partial charge >= 0.3 is 17.9 Å². The number of nitrogens with zero attached hydrogens (tertiary/aromatic N) is 9. The molecule has 3 unspecified atom stereocenters. The Bertz CT molecular complexity index is 2160. The SMILES string of the molecule is CSC1CC(N2CCCC2)=C(C#N)/C(=C(\C#N)C(=O)OCC(COC(=O)/C(C#N)=C2\CC(SC)CC(N3CCCC3)=C2C#N)COC(=O)/C(C#N)=C2\CC(SC)CC(N3CCCC3)=C2C#N)C1. The van der Waals surface area contributed by atoms with Gasteiger partial charge in [0.15, 0.2) is 0 Å². The van der Waals surface area contributed by atoms with Crippen LogP contribution in [0.25, 0.3) is 0 Å². The highest BCUT2D eigenvalue weighted by Gasteiger charge is 2.37. The van der Waals surface area contributed by atoms with Crippen molar-refractivity contribution in [2.24, 2.45) is 5.92 Å². The Morgan fingerprint density at radius 1 is 0.478 bits per heavy atom. The van der Waals surface area contributed by atoms with Gasteiger partial charge in [-0.2, -0.15) is 66.9 Å². The molecule has 3 fully saturated rings. The molecule has 0 amide bonds. The summed E-state index contributed by atoms with van der Waals surface area (Å²) in [4.78, 5) is 48.3. The zero-order chi connectivity index (χ0) is 48.0. The van der Waals surface area contributed by atoms with Crippen LogP contribution < -0.4 is 0 Å². The maximum Gasteiger partial charge on any atom is 0.349 e. The van der Waals surface area contributed by atoms with E-state index >= 15 is 0 Å². The number of carbonyl (C=O) groups is 3. The van der Waals surface area contributed by atoms with E-state index in [-0.39, 0.29) is 49.2 Å². The summed E-state index contributed by atoms with van der Waals surface area (Å²) in [6, 6.07) is 12.7. The van der Waals surface area contributed by atoms with Crippen LogP contribution in [-0.2, 0) is 28.6 Å². The molecule has 3 saturated heterocycles. The van der Waals surface area contributed by atoms with E-state index in [0.717, 1.165) is 94.9 Å². The monoisotopic (exact) mass is 961 g/mol. The second-order valence-corrected chi connectivity index (χ2v) is 20.7. The lowest BCUT2D eigenvalue weighted by atomic mass is 9.87. The Hall–Kier alpha value is -5.76. The summed E-state index contributed by atoms with van der Waals surface area (Å²) in [6.07, 6.45) is 14.4. The number of nitriles is 6. The minimum atomic E-state index is -1.07. The van der Waals surface area contributed by atoms with Crippen LogP contribution in [-0.4, -0.2) is 126 Å². The first-order valence-corrected chi connectivity index (χ1v) is 26.6. The second-order valence-electron chi connectivity index (χ2n) is 17.2. The fraction of sp³-hybridized carbons (Fsp3) is 0.571. The van der Waals surface area contributed by atoms with Gasteiger partial charge in [0.05, 0.1) is 22.6 Å². The van der Waals surface area contributed by atoms with Crippen molar-refractivity contribution in [3.05, 3.63) is 67.2 Å². The summed E-state index contributed by atoms with van der Waals surface area (Å²) >= 11 is 4.75. The van der Waals surface area contributed by atoms with E-state index in [1.807, 2.05) is 37.0 Å². The fourth-order valence-corrected chi connectivity index (χ4v) is 11.7. The molecule has 3 aliphatic carbocycles. The van der Waals surface area contributed by atoms with E-state index in [1.54, 1.807) is 35.3 Å². The van der Waals surface area contributed by atoms with Crippen molar-refractivity contribution in [1.29, 1.82) is 31.6 Å². The smallest absolute Gasteiger partial charge is 0.349 e. The van der Waals surface area contributed by atoms with E-state index in [1.165, 1.54) is 0 Å². The average Bonchev–Trinajstić information content (AvgIpc) is 4.20. The Morgan fingerprint density at radius 2 is 0.731 bits per heavy atom. The van der Waals surface area contributed by atoms with Crippen molar-refractivity contribution >= 4 is 53.2 Å². The van der Waals surface area contributed by atoms with Gasteiger partial charge < -0.3 is 28.9 Å². The molecule has 0 aromatic carbocycles. The third-order valence-electron chi connectivity index (χ3n) is 13.3. The number of hydrogen-bond acceptors (Lipinski definition) is 18. The lowest BCUT2D eigenvalue weighted by molar-refractivity contribution is -0.148. The third-order valence-corrected chi connectivity index (χ3v) is 16.3. The zero-order valence-electron chi connectivity index (χ0n) is 38.4. The summed E-state index contributed by atoms with van der Waals surface area (Å²) in [6.45, 7) is 3.04. The fourth-order valence-electron chi connectivity index (χ4n) is 9.73. The summed E-state index contributed by atoms with van der Waals surface area (Å²) in [5, 5.41) is 62.4. The highest BCUT2D eigenvalue weighted by atomic mass is 32.2.